The molecule has 2 rings (SSSR count). The molecule has 110 valence electrons. The van der Waals surface area contributed by atoms with Crippen molar-refractivity contribution in [1.82, 2.24) is 0 Å². The van der Waals surface area contributed by atoms with Crippen LogP contribution in [0.3, 0.4) is 0 Å². The summed E-state index contributed by atoms with van der Waals surface area (Å²) in [5, 5.41) is 11.1. The summed E-state index contributed by atoms with van der Waals surface area (Å²) in [7, 11) is 0. The van der Waals surface area contributed by atoms with E-state index in [0.29, 0.717) is 11.3 Å². The topological polar surface area (TPSA) is 23.8 Å². The average Bonchev–Trinajstić information content (AvgIpc) is 2.89. The minimum absolute atomic E-state index is 0. The number of thiophene rings is 1. The fourth-order valence-corrected chi connectivity index (χ4v) is 2.86. The fourth-order valence-electron chi connectivity index (χ4n) is 2.46. The molecule has 1 aliphatic carbocycles. The van der Waals surface area contributed by atoms with Crippen LogP contribution < -0.4 is 37.7 Å². The minimum Gasteiger partial charge on any atom is -0.512 e. The van der Waals surface area contributed by atoms with Gasteiger partial charge in [0.15, 0.2) is 0 Å². The Morgan fingerprint density at radius 3 is 2.29 bits per heavy atom. The summed E-state index contributed by atoms with van der Waals surface area (Å²) in [6.07, 6.45) is 4.91. The van der Waals surface area contributed by atoms with E-state index in [2.05, 4.69) is 32.7 Å². The summed E-state index contributed by atoms with van der Waals surface area (Å²) in [6.45, 7) is 17.5. The second kappa shape index (κ2) is 17.0. The van der Waals surface area contributed by atoms with Crippen LogP contribution in [0.2, 0.25) is 0 Å². The van der Waals surface area contributed by atoms with E-state index >= 15 is 0 Å². The van der Waals surface area contributed by atoms with Crippen molar-refractivity contribution in [1.29, 1.82) is 5.26 Å². The van der Waals surface area contributed by atoms with Gasteiger partial charge in [-0.15, -0.1) is 5.38 Å². The molecule has 21 heavy (non-hydrogen) atoms. The first-order valence-corrected chi connectivity index (χ1v) is 7.04. The standard InChI is InChI=1S/C11H19.C4H3S.CN.Cu.2Li/c1-5-10-9(2)7-6-8-11(10,3)4;1-2-4-5-3-1;1-2;;;/h10H,1-2,5-8H2,3-4H3;1-3H;;;;/q3*-1;3*+1. The molecule has 0 bridgehead atoms. The first-order valence-electron chi connectivity index (χ1n) is 6.17. The predicted octanol–water partition coefficient (Wildman–Crippen LogP) is -0.757. The number of hydrogen-bond acceptors (Lipinski definition) is 2. The van der Waals surface area contributed by atoms with Crippen LogP contribution in [-0.2, 0) is 17.1 Å². The van der Waals surface area contributed by atoms with Gasteiger partial charge in [-0.3, -0.25) is 0 Å². The van der Waals surface area contributed by atoms with Crippen LogP contribution in [-0.4, -0.2) is 0 Å². The first kappa shape index (κ1) is 29.6. The fraction of sp³-hybridized carbons (Fsp3) is 0.500. The predicted molar refractivity (Wildman–Crippen MR) is 78.4 cm³/mol. The van der Waals surface area contributed by atoms with Crippen molar-refractivity contribution < 1.29 is 54.8 Å². The van der Waals surface area contributed by atoms with Crippen LogP contribution in [0, 0.1) is 35.5 Å². The van der Waals surface area contributed by atoms with E-state index in [1.165, 1.54) is 24.8 Å². The molecule has 1 heterocycles. The average molecular weight is 338 g/mol. The van der Waals surface area contributed by atoms with Crippen molar-refractivity contribution in [3.63, 3.8) is 0 Å². The summed E-state index contributed by atoms with van der Waals surface area (Å²) in [5.74, 6) is 0.663. The Balaban J connectivity index is -0.000000125. The number of nitrogens with zero attached hydrogens (tertiary/aromatic N) is 1. The van der Waals surface area contributed by atoms with E-state index in [0.717, 1.165) is 6.42 Å². The van der Waals surface area contributed by atoms with Crippen molar-refractivity contribution in [3.05, 3.63) is 48.5 Å². The van der Waals surface area contributed by atoms with Gasteiger partial charge in [0.2, 0.25) is 0 Å². The molecule has 1 aromatic rings. The Kier molecular flexibility index (Phi) is 24.0. The van der Waals surface area contributed by atoms with Gasteiger partial charge in [-0.1, -0.05) is 26.0 Å². The minimum atomic E-state index is 0. The zero-order valence-corrected chi connectivity index (χ0v) is 15.5. The Hall–Kier alpha value is 0.644. The molecule has 1 atom stereocenters. The van der Waals surface area contributed by atoms with E-state index in [-0.39, 0.29) is 54.8 Å². The molecule has 0 radical (unpaired) electrons. The monoisotopic (exact) mass is 337 g/mol. The molecule has 1 aromatic heterocycles. The number of hydrogen-bond donors (Lipinski definition) is 0. The van der Waals surface area contributed by atoms with Crippen molar-refractivity contribution >= 4 is 11.3 Å². The molecule has 0 aromatic carbocycles. The molecule has 1 unspecified atom stereocenters. The maximum Gasteiger partial charge on any atom is 1.00 e. The molecule has 0 spiro atoms. The molecule has 5 heteroatoms. The molecule has 1 nitrogen and oxygen atoms in total. The molecule has 1 fully saturated rings. The van der Waals surface area contributed by atoms with Gasteiger partial charge in [-0.2, -0.15) is 17.9 Å². The van der Waals surface area contributed by atoms with Gasteiger partial charge in [-0.25, -0.2) is 6.07 Å². The van der Waals surface area contributed by atoms with Crippen LogP contribution in [0.4, 0.5) is 0 Å². The zero-order chi connectivity index (χ0) is 14.0. The Morgan fingerprint density at radius 1 is 1.48 bits per heavy atom. The molecule has 0 aliphatic heterocycles. The maximum atomic E-state index is 6.25. The van der Waals surface area contributed by atoms with E-state index < -0.39 is 0 Å². The third-order valence-corrected chi connectivity index (χ3v) is 3.99. The molecule has 0 N–H and O–H groups in total. The van der Waals surface area contributed by atoms with Gasteiger partial charge in [0, 0.05) is 0 Å². The molecule has 1 saturated carbocycles. The maximum absolute atomic E-state index is 6.25. The summed E-state index contributed by atoms with van der Waals surface area (Å²) in [4.78, 5) is 0. The summed E-state index contributed by atoms with van der Waals surface area (Å²) in [5.41, 5.74) is 1.88. The quantitative estimate of drug-likeness (QED) is 0.375. The third-order valence-electron chi connectivity index (χ3n) is 3.42. The van der Waals surface area contributed by atoms with Crippen molar-refractivity contribution in [2.75, 3.05) is 0 Å². The third kappa shape index (κ3) is 11.8. The summed E-state index contributed by atoms with van der Waals surface area (Å²) in [6, 6.07) is 3.86. The summed E-state index contributed by atoms with van der Waals surface area (Å²) < 4.78 is 0. The van der Waals surface area contributed by atoms with Gasteiger partial charge in [0.1, 0.15) is 0 Å². The van der Waals surface area contributed by atoms with Gasteiger partial charge in [-0.05, 0) is 30.6 Å². The van der Waals surface area contributed by atoms with Gasteiger partial charge >= 0.3 is 54.8 Å². The van der Waals surface area contributed by atoms with Crippen LogP contribution in [0.5, 0.6) is 0 Å². The molecule has 1 aliphatic rings. The van der Waals surface area contributed by atoms with Gasteiger partial charge < -0.3 is 30.1 Å². The van der Waals surface area contributed by atoms with Gasteiger partial charge in [0.05, 0.1) is 0 Å². The van der Waals surface area contributed by atoms with Crippen LogP contribution >= 0.6 is 11.3 Å². The largest absolute Gasteiger partial charge is 1.00 e. The van der Waals surface area contributed by atoms with Crippen molar-refractivity contribution in [3.8, 4) is 0 Å². The smallest absolute Gasteiger partial charge is 0.512 e. The van der Waals surface area contributed by atoms with E-state index in [9.17, 15) is 0 Å². The Labute approximate surface area is 169 Å². The van der Waals surface area contributed by atoms with E-state index in [4.69, 9.17) is 11.8 Å². The molecular weight excluding hydrogens is 316 g/mol. The van der Waals surface area contributed by atoms with Crippen LogP contribution in [0.25, 0.3) is 0 Å². The van der Waals surface area contributed by atoms with Gasteiger partial charge in [0.25, 0.3) is 0 Å². The number of rotatable bonds is 1. The van der Waals surface area contributed by atoms with Crippen molar-refractivity contribution in [2.24, 2.45) is 11.3 Å². The molecule has 0 saturated heterocycles. The SMILES string of the molecule is C=C1CCCC(C)(C)C1C[CH2-].[C-]#N.[Cu+].[Li+].[Li+].[c-]1cccs1. The normalized spacial score (nSPS) is 18.0. The molecule has 0 amide bonds. The van der Waals surface area contributed by atoms with Crippen molar-refractivity contribution in [2.45, 2.75) is 39.5 Å². The number of allylic oxidation sites excluding steroid dienone is 1. The van der Waals surface area contributed by atoms with E-state index in [1.807, 2.05) is 17.5 Å². The zero-order valence-electron chi connectivity index (χ0n) is 13.7. The summed E-state index contributed by atoms with van der Waals surface area (Å²) >= 11 is 1.59. The van der Waals surface area contributed by atoms with Crippen LogP contribution in [0.15, 0.2) is 29.7 Å². The second-order valence-electron chi connectivity index (χ2n) is 5.07. The Bertz CT molecular complexity index is 333. The second-order valence-corrected chi connectivity index (χ2v) is 5.82. The Morgan fingerprint density at radius 2 is 2.05 bits per heavy atom. The van der Waals surface area contributed by atoms with Crippen LogP contribution in [0.1, 0.15) is 39.5 Å². The molecular formula is C16H22CuLi2NS. The van der Waals surface area contributed by atoms with E-state index in [1.54, 1.807) is 11.3 Å². The first-order chi connectivity index (χ1) is 8.58.